The number of furan rings is 1. The lowest BCUT2D eigenvalue weighted by Crippen LogP contribution is -1.98. The Balaban J connectivity index is 2.86. The zero-order valence-electron chi connectivity index (χ0n) is 7.40. The molecule has 0 spiro atoms. The van der Waals surface area contributed by atoms with Crippen LogP contribution < -0.4 is 0 Å². The van der Waals surface area contributed by atoms with Crippen LogP contribution in [0.2, 0.25) is 0 Å². The Labute approximate surface area is 78.3 Å². The number of carbonyl (C=O) groups excluding carboxylic acids is 1. The normalized spacial score (nSPS) is 12.5. The minimum atomic E-state index is -1.16. The van der Waals surface area contributed by atoms with Crippen molar-refractivity contribution in [1.82, 2.24) is 0 Å². The second-order valence-corrected chi connectivity index (χ2v) is 3.92. The third kappa shape index (κ3) is 2.18. The molecule has 0 fully saturated rings. The van der Waals surface area contributed by atoms with Crippen molar-refractivity contribution in [3.8, 4) is 0 Å². The molecule has 1 aromatic rings. The van der Waals surface area contributed by atoms with Gasteiger partial charge in [0.2, 0.25) is 5.76 Å². The lowest BCUT2D eigenvalue weighted by atomic mass is 10.5. The first kappa shape index (κ1) is 9.98. The molecule has 1 atom stereocenters. The van der Waals surface area contributed by atoms with E-state index in [0.717, 1.165) is 0 Å². The summed E-state index contributed by atoms with van der Waals surface area (Å²) in [6.45, 7) is 1.77. The standard InChI is InChI=1S/C8H10O4S/c1-3-13(10)7-5-4-6(12-7)8(9)11-2/h4-5H,3H2,1-2H3. The molecule has 0 bridgehead atoms. The van der Waals surface area contributed by atoms with Crippen molar-refractivity contribution in [3.63, 3.8) is 0 Å². The Bertz CT molecular complexity index is 298. The quantitative estimate of drug-likeness (QED) is 0.691. The van der Waals surface area contributed by atoms with E-state index in [1.165, 1.54) is 19.2 Å². The van der Waals surface area contributed by atoms with Gasteiger partial charge in [-0.1, -0.05) is 6.92 Å². The van der Waals surface area contributed by atoms with Crippen LogP contribution in [0.3, 0.4) is 0 Å². The first-order chi connectivity index (χ1) is 6.19. The number of esters is 1. The Kier molecular flexibility index (Phi) is 3.25. The maximum atomic E-state index is 11.2. The molecule has 0 N–H and O–H groups in total. The predicted octanol–water partition coefficient (Wildman–Crippen LogP) is 1.19. The molecule has 13 heavy (non-hydrogen) atoms. The predicted molar refractivity (Wildman–Crippen MR) is 47.0 cm³/mol. The third-order valence-corrected chi connectivity index (χ3v) is 2.65. The first-order valence-corrected chi connectivity index (χ1v) is 5.07. The average molecular weight is 202 g/mol. The van der Waals surface area contributed by atoms with Gasteiger partial charge in [-0.05, 0) is 12.1 Å². The topological polar surface area (TPSA) is 56.5 Å². The van der Waals surface area contributed by atoms with Crippen molar-refractivity contribution >= 4 is 16.8 Å². The second-order valence-electron chi connectivity index (χ2n) is 2.24. The molecule has 0 amide bonds. The number of hydrogen-bond acceptors (Lipinski definition) is 4. The highest BCUT2D eigenvalue weighted by atomic mass is 32.2. The van der Waals surface area contributed by atoms with Crippen LogP contribution in [-0.4, -0.2) is 23.0 Å². The van der Waals surface area contributed by atoms with Gasteiger partial charge in [-0.2, -0.15) is 0 Å². The molecule has 0 aliphatic carbocycles. The molecular formula is C8H10O4S. The van der Waals surface area contributed by atoms with Gasteiger partial charge in [0, 0.05) is 5.75 Å². The number of rotatable bonds is 3. The fourth-order valence-electron chi connectivity index (χ4n) is 0.795. The van der Waals surface area contributed by atoms with E-state index in [1.54, 1.807) is 6.92 Å². The van der Waals surface area contributed by atoms with Crippen LogP contribution in [0.4, 0.5) is 0 Å². The lowest BCUT2D eigenvalue weighted by molar-refractivity contribution is 0.0559. The van der Waals surface area contributed by atoms with Gasteiger partial charge in [-0.25, -0.2) is 4.79 Å². The highest BCUT2D eigenvalue weighted by Crippen LogP contribution is 2.12. The van der Waals surface area contributed by atoms with Crippen LogP contribution in [0.25, 0.3) is 0 Å². The largest absolute Gasteiger partial charge is 0.463 e. The van der Waals surface area contributed by atoms with Gasteiger partial charge >= 0.3 is 5.97 Å². The molecule has 0 aliphatic heterocycles. The van der Waals surface area contributed by atoms with E-state index in [1.807, 2.05) is 0 Å². The number of methoxy groups -OCH3 is 1. The summed E-state index contributed by atoms with van der Waals surface area (Å²) in [6, 6.07) is 2.97. The highest BCUT2D eigenvalue weighted by molar-refractivity contribution is 7.84. The van der Waals surface area contributed by atoms with Crippen LogP contribution in [0.5, 0.6) is 0 Å². The summed E-state index contributed by atoms with van der Waals surface area (Å²) in [6.07, 6.45) is 0. The van der Waals surface area contributed by atoms with Gasteiger partial charge in [-0.15, -0.1) is 0 Å². The van der Waals surface area contributed by atoms with Crippen molar-refractivity contribution in [2.45, 2.75) is 12.0 Å². The van der Waals surface area contributed by atoms with E-state index < -0.39 is 16.8 Å². The molecule has 72 valence electrons. The number of ether oxygens (including phenoxy) is 1. The molecule has 0 aromatic carbocycles. The SMILES string of the molecule is CCS(=O)c1ccc(C(=O)OC)o1. The van der Waals surface area contributed by atoms with Gasteiger partial charge in [0.25, 0.3) is 0 Å². The molecule has 1 unspecified atom stereocenters. The molecule has 1 rings (SSSR count). The summed E-state index contributed by atoms with van der Waals surface area (Å²) in [5, 5.41) is 0.308. The van der Waals surface area contributed by atoms with Gasteiger partial charge in [-0.3, -0.25) is 4.21 Å². The number of carbonyl (C=O) groups is 1. The Morgan fingerprint density at radius 2 is 2.31 bits per heavy atom. The van der Waals surface area contributed by atoms with Gasteiger partial charge in [0.15, 0.2) is 5.09 Å². The van der Waals surface area contributed by atoms with Crippen LogP contribution >= 0.6 is 0 Å². The van der Waals surface area contributed by atoms with Gasteiger partial charge in [0.1, 0.15) is 0 Å². The van der Waals surface area contributed by atoms with Crippen LogP contribution in [0.15, 0.2) is 21.6 Å². The molecule has 4 nitrogen and oxygen atoms in total. The Morgan fingerprint density at radius 3 is 2.85 bits per heavy atom. The van der Waals surface area contributed by atoms with E-state index in [2.05, 4.69) is 4.74 Å². The fraction of sp³-hybridized carbons (Fsp3) is 0.375. The average Bonchev–Trinajstić information content (AvgIpc) is 2.64. The summed E-state index contributed by atoms with van der Waals surface area (Å²) in [7, 11) is 0.103. The summed E-state index contributed by atoms with van der Waals surface area (Å²) in [4.78, 5) is 10.9. The van der Waals surface area contributed by atoms with Crippen molar-refractivity contribution in [2.24, 2.45) is 0 Å². The Morgan fingerprint density at radius 1 is 1.62 bits per heavy atom. The molecule has 1 heterocycles. The van der Waals surface area contributed by atoms with Crippen LogP contribution in [0, 0.1) is 0 Å². The van der Waals surface area contributed by atoms with Crippen LogP contribution in [0.1, 0.15) is 17.5 Å². The van der Waals surface area contributed by atoms with Crippen molar-refractivity contribution in [2.75, 3.05) is 12.9 Å². The van der Waals surface area contributed by atoms with Crippen molar-refractivity contribution < 1.29 is 18.2 Å². The second kappa shape index (κ2) is 4.23. The zero-order chi connectivity index (χ0) is 9.84. The molecule has 0 aliphatic rings. The van der Waals surface area contributed by atoms with Crippen molar-refractivity contribution in [3.05, 3.63) is 17.9 Å². The lowest BCUT2D eigenvalue weighted by Gasteiger charge is -1.93. The van der Waals surface area contributed by atoms with E-state index in [4.69, 9.17) is 4.42 Å². The molecule has 1 aromatic heterocycles. The van der Waals surface area contributed by atoms with E-state index >= 15 is 0 Å². The minimum absolute atomic E-state index is 0.0827. The minimum Gasteiger partial charge on any atom is -0.463 e. The summed E-state index contributed by atoms with van der Waals surface area (Å²) < 4.78 is 20.6. The van der Waals surface area contributed by atoms with Crippen molar-refractivity contribution in [1.29, 1.82) is 0 Å². The smallest absolute Gasteiger partial charge is 0.374 e. The monoisotopic (exact) mass is 202 g/mol. The zero-order valence-corrected chi connectivity index (χ0v) is 8.22. The highest BCUT2D eigenvalue weighted by Gasteiger charge is 2.13. The molecule has 5 heteroatoms. The van der Waals surface area contributed by atoms with Gasteiger partial charge < -0.3 is 9.15 Å². The molecule has 0 saturated heterocycles. The van der Waals surface area contributed by atoms with Gasteiger partial charge in [0.05, 0.1) is 17.9 Å². The third-order valence-electron chi connectivity index (χ3n) is 1.45. The maximum absolute atomic E-state index is 11.2. The van der Waals surface area contributed by atoms with E-state index in [-0.39, 0.29) is 5.76 Å². The van der Waals surface area contributed by atoms with Crippen LogP contribution in [-0.2, 0) is 15.5 Å². The van der Waals surface area contributed by atoms with E-state index in [9.17, 15) is 9.00 Å². The maximum Gasteiger partial charge on any atom is 0.374 e. The fourth-order valence-corrected chi connectivity index (χ4v) is 1.48. The molecule has 0 saturated carbocycles. The Hall–Kier alpha value is -1.10. The number of hydrogen-bond donors (Lipinski definition) is 0. The molecular weight excluding hydrogens is 192 g/mol. The first-order valence-electron chi connectivity index (χ1n) is 3.75. The summed E-state index contributed by atoms with van der Waals surface area (Å²) >= 11 is 0. The van der Waals surface area contributed by atoms with E-state index in [0.29, 0.717) is 10.8 Å². The molecule has 0 radical (unpaired) electrons. The summed E-state index contributed by atoms with van der Waals surface area (Å²) in [5.74, 6) is -0.00707. The summed E-state index contributed by atoms with van der Waals surface area (Å²) in [5.41, 5.74) is 0.